The van der Waals surface area contributed by atoms with Crippen LogP contribution in [-0.2, 0) is 11.2 Å². The van der Waals surface area contributed by atoms with Crippen molar-refractivity contribution in [3.05, 3.63) is 35.9 Å². The molecule has 0 saturated carbocycles. The molecule has 1 amide bonds. The normalized spacial score (nSPS) is 12.1. The molecular formula is C14H22N2O2. The van der Waals surface area contributed by atoms with E-state index in [1.54, 1.807) is 0 Å². The average molecular weight is 250 g/mol. The average Bonchev–Trinajstić information content (AvgIpc) is 2.39. The number of unbranched alkanes of at least 4 members (excludes halogenated alkanes) is 1. The summed E-state index contributed by atoms with van der Waals surface area (Å²) in [6, 6.07) is 9.62. The van der Waals surface area contributed by atoms with Gasteiger partial charge in [-0.05, 0) is 31.4 Å². The van der Waals surface area contributed by atoms with Crippen molar-refractivity contribution in [2.45, 2.75) is 31.7 Å². The maximum Gasteiger partial charge on any atom is 0.220 e. The van der Waals surface area contributed by atoms with Crippen molar-refractivity contribution in [3.8, 4) is 0 Å². The Balaban J connectivity index is 2.35. The van der Waals surface area contributed by atoms with E-state index >= 15 is 0 Å². The van der Waals surface area contributed by atoms with Crippen LogP contribution in [0.4, 0.5) is 0 Å². The molecule has 0 saturated heterocycles. The van der Waals surface area contributed by atoms with E-state index < -0.39 is 0 Å². The van der Waals surface area contributed by atoms with Crippen molar-refractivity contribution in [1.82, 2.24) is 5.32 Å². The zero-order valence-corrected chi connectivity index (χ0v) is 10.6. The van der Waals surface area contributed by atoms with E-state index in [4.69, 9.17) is 5.73 Å². The smallest absolute Gasteiger partial charge is 0.220 e. The number of nitrogens with two attached hydrogens (primary N) is 1. The summed E-state index contributed by atoms with van der Waals surface area (Å²) in [7, 11) is 0. The van der Waals surface area contributed by atoms with E-state index in [-0.39, 0.29) is 18.6 Å². The highest BCUT2D eigenvalue weighted by atomic mass is 16.3. The fourth-order valence-electron chi connectivity index (χ4n) is 1.79. The third kappa shape index (κ3) is 5.80. The van der Waals surface area contributed by atoms with Gasteiger partial charge in [0.05, 0.1) is 12.6 Å². The summed E-state index contributed by atoms with van der Waals surface area (Å²) in [6.07, 6.45) is 2.78. The Hall–Kier alpha value is -1.39. The van der Waals surface area contributed by atoms with Gasteiger partial charge in [0.2, 0.25) is 5.91 Å². The highest BCUT2D eigenvalue weighted by Gasteiger charge is 2.11. The molecule has 0 aromatic heterocycles. The molecule has 1 aromatic rings. The number of carbonyl (C=O) groups excluding carboxylic acids is 1. The number of rotatable bonds is 8. The van der Waals surface area contributed by atoms with Crippen LogP contribution in [-0.4, -0.2) is 30.2 Å². The molecule has 4 nitrogen and oxygen atoms in total. The van der Waals surface area contributed by atoms with Crippen LogP contribution in [0.3, 0.4) is 0 Å². The molecule has 0 fully saturated rings. The van der Waals surface area contributed by atoms with Gasteiger partial charge < -0.3 is 16.2 Å². The van der Waals surface area contributed by atoms with Gasteiger partial charge in [-0.25, -0.2) is 0 Å². The van der Waals surface area contributed by atoms with Crippen LogP contribution < -0.4 is 11.1 Å². The van der Waals surface area contributed by atoms with E-state index in [1.165, 1.54) is 0 Å². The first-order valence-corrected chi connectivity index (χ1v) is 6.40. The Morgan fingerprint density at radius 3 is 2.61 bits per heavy atom. The molecule has 0 spiro atoms. The van der Waals surface area contributed by atoms with Crippen molar-refractivity contribution in [1.29, 1.82) is 0 Å². The van der Waals surface area contributed by atoms with Crippen LogP contribution in [0.25, 0.3) is 0 Å². The van der Waals surface area contributed by atoms with Gasteiger partial charge in [-0.15, -0.1) is 0 Å². The van der Waals surface area contributed by atoms with Gasteiger partial charge in [-0.3, -0.25) is 4.79 Å². The van der Waals surface area contributed by atoms with Crippen molar-refractivity contribution >= 4 is 5.91 Å². The Morgan fingerprint density at radius 1 is 1.28 bits per heavy atom. The van der Waals surface area contributed by atoms with Crippen LogP contribution in [0.5, 0.6) is 0 Å². The van der Waals surface area contributed by atoms with Gasteiger partial charge in [0.1, 0.15) is 0 Å². The van der Waals surface area contributed by atoms with Crippen molar-refractivity contribution in [3.63, 3.8) is 0 Å². The molecule has 1 rings (SSSR count). The minimum Gasteiger partial charge on any atom is -0.394 e. The largest absolute Gasteiger partial charge is 0.394 e. The van der Waals surface area contributed by atoms with Gasteiger partial charge in [-0.2, -0.15) is 0 Å². The first-order valence-electron chi connectivity index (χ1n) is 6.40. The van der Waals surface area contributed by atoms with E-state index in [0.29, 0.717) is 19.4 Å². The quantitative estimate of drug-likeness (QED) is 0.598. The first-order chi connectivity index (χ1) is 8.76. The second-order valence-electron chi connectivity index (χ2n) is 4.38. The summed E-state index contributed by atoms with van der Waals surface area (Å²) in [4.78, 5) is 11.6. The molecule has 0 aliphatic carbocycles. The summed E-state index contributed by atoms with van der Waals surface area (Å²) in [5, 5.41) is 12.1. The molecule has 4 heteroatoms. The molecule has 100 valence electrons. The molecule has 1 aromatic carbocycles. The fourth-order valence-corrected chi connectivity index (χ4v) is 1.79. The molecule has 0 radical (unpaired) electrons. The number of amides is 1. The monoisotopic (exact) mass is 250 g/mol. The summed E-state index contributed by atoms with van der Waals surface area (Å²) < 4.78 is 0. The van der Waals surface area contributed by atoms with E-state index in [9.17, 15) is 9.90 Å². The van der Waals surface area contributed by atoms with E-state index in [1.807, 2.05) is 30.3 Å². The number of nitrogens with one attached hydrogen (secondary N) is 1. The number of hydrogen-bond acceptors (Lipinski definition) is 3. The van der Waals surface area contributed by atoms with Crippen LogP contribution >= 0.6 is 0 Å². The van der Waals surface area contributed by atoms with E-state index in [2.05, 4.69) is 5.32 Å². The number of aliphatic hydroxyl groups excluding tert-OH is 1. The highest BCUT2D eigenvalue weighted by molar-refractivity contribution is 5.76. The topological polar surface area (TPSA) is 75.4 Å². The Bertz CT molecular complexity index is 341. The second kappa shape index (κ2) is 8.66. The molecule has 1 atom stereocenters. The predicted octanol–water partition coefficient (Wildman–Crippen LogP) is 0.835. The zero-order chi connectivity index (χ0) is 13.2. The molecular weight excluding hydrogens is 228 g/mol. The summed E-state index contributed by atoms with van der Waals surface area (Å²) >= 11 is 0. The van der Waals surface area contributed by atoms with Gasteiger partial charge in [-0.1, -0.05) is 30.3 Å². The SMILES string of the molecule is NCCCCC(=O)N[C@H](CO)Cc1ccccc1. The molecule has 0 aliphatic heterocycles. The Labute approximate surface area is 108 Å². The van der Waals surface area contributed by atoms with Gasteiger partial charge in [0, 0.05) is 6.42 Å². The lowest BCUT2D eigenvalue weighted by Crippen LogP contribution is -2.39. The van der Waals surface area contributed by atoms with Crippen molar-refractivity contribution in [2.24, 2.45) is 5.73 Å². The van der Waals surface area contributed by atoms with E-state index in [0.717, 1.165) is 18.4 Å². The number of hydrogen-bond donors (Lipinski definition) is 3. The number of benzene rings is 1. The van der Waals surface area contributed by atoms with Crippen molar-refractivity contribution < 1.29 is 9.90 Å². The molecule has 18 heavy (non-hydrogen) atoms. The third-order valence-electron chi connectivity index (χ3n) is 2.77. The van der Waals surface area contributed by atoms with Crippen LogP contribution in [0.2, 0.25) is 0 Å². The molecule has 0 heterocycles. The Kier molecular flexibility index (Phi) is 7.06. The summed E-state index contributed by atoms with van der Waals surface area (Å²) in [5.41, 5.74) is 6.48. The standard InChI is InChI=1S/C14H22N2O2/c15-9-5-4-8-14(18)16-13(11-17)10-12-6-2-1-3-7-12/h1-3,6-7,13,17H,4-5,8-11,15H2,(H,16,18)/t13-/m0/s1. The number of carbonyl (C=O) groups is 1. The second-order valence-corrected chi connectivity index (χ2v) is 4.38. The minimum atomic E-state index is -0.210. The van der Waals surface area contributed by atoms with Gasteiger partial charge >= 0.3 is 0 Å². The number of aliphatic hydroxyl groups is 1. The molecule has 0 bridgehead atoms. The molecule has 4 N–H and O–H groups in total. The summed E-state index contributed by atoms with van der Waals surface area (Å²) in [6.45, 7) is 0.568. The predicted molar refractivity (Wildman–Crippen MR) is 72.1 cm³/mol. The maximum absolute atomic E-state index is 11.6. The lowest BCUT2D eigenvalue weighted by Gasteiger charge is -2.16. The Morgan fingerprint density at radius 2 is 2.00 bits per heavy atom. The zero-order valence-electron chi connectivity index (χ0n) is 10.6. The van der Waals surface area contributed by atoms with Crippen molar-refractivity contribution in [2.75, 3.05) is 13.2 Å². The highest BCUT2D eigenvalue weighted by Crippen LogP contribution is 2.03. The lowest BCUT2D eigenvalue weighted by atomic mass is 10.1. The van der Waals surface area contributed by atoms with Crippen LogP contribution in [0.1, 0.15) is 24.8 Å². The maximum atomic E-state index is 11.6. The van der Waals surface area contributed by atoms with Gasteiger partial charge in [0.15, 0.2) is 0 Å². The summed E-state index contributed by atoms with van der Waals surface area (Å²) in [5.74, 6) is -0.0153. The van der Waals surface area contributed by atoms with Crippen LogP contribution in [0.15, 0.2) is 30.3 Å². The fraction of sp³-hybridized carbons (Fsp3) is 0.500. The lowest BCUT2D eigenvalue weighted by molar-refractivity contribution is -0.122. The third-order valence-corrected chi connectivity index (χ3v) is 2.77. The molecule has 0 unspecified atom stereocenters. The van der Waals surface area contributed by atoms with Crippen LogP contribution in [0, 0.1) is 0 Å². The van der Waals surface area contributed by atoms with Gasteiger partial charge in [0.25, 0.3) is 0 Å². The minimum absolute atomic E-state index is 0.0153. The molecule has 0 aliphatic rings. The first kappa shape index (κ1) is 14.7.